The number of nitrogens with two attached hydrogens (primary N) is 2. The Balaban J connectivity index is 2.04. The molecule has 0 heterocycles. The predicted molar refractivity (Wildman–Crippen MR) is 116 cm³/mol. The quantitative estimate of drug-likeness (QED) is 0.719. The van der Waals surface area contributed by atoms with Gasteiger partial charge in [-0.05, 0) is 72.2 Å². The van der Waals surface area contributed by atoms with Gasteiger partial charge in [0.1, 0.15) is 0 Å². The molecule has 0 amide bonds. The number of aryl methyl sites for hydroxylation is 2. The highest BCUT2D eigenvalue weighted by molar-refractivity contribution is 5.68. The monoisotopic (exact) mass is 356 g/mol. The molecule has 0 saturated heterocycles. The third kappa shape index (κ3) is 2.32. The van der Waals surface area contributed by atoms with Crippen LogP contribution in [0.4, 0.5) is 11.4 Å². The second-order valence-corrected chi connectivity index (χ2v) is 8.24. The van der Waals surface area contributed by atoms with Gasteiger partial charge in [0.15, 0.2) is 0 Å². The molecule has 0 saturated carbocycles. The van der Waals surface area contributed by atoms with E-state index in [0.717, 1.165) is 22.5 Å². The molecule has 2 aliphatic carbocycles. The van der Waals surface area contributed by atoms with Gasteiger partial charge >= 0.3 is 0 Å². The van der Waals surface area contributed by atoms with E-state index in [1.165, 1.54) is 33.4 Å². The SMILES string of the molecule is Cc1ccc(C(C)(c2ccc(C)c(N)c2C)C2C3=CC=C2C=C3)c(C)c1N. The summed E-state index contributed by atoms with van der Waals surface area (Å²) in [6, 6.07) is 8.82. The van der Waals surface area contributed by atoms with Crippen LogP contribution in [0.15, 0.2) is 59.7 Å². The van der Waals surface area contributed by atoms with Crippen molar-refractivity contribution < 1.29 is 0 Å². The maximum absolute atomic E-state index is 6.46. The van der Waals surface area contributed by atoms with Crippen molar-refractivity contribution in [3.05, 3.63) is 93.1 Å². The summed E-state index contributed by atoms with van der Waals surface area (Å²) in [5, 5.41) is 0. The number of anilines is 2. The summed E-state index contributed by atoms with van der Waals surface area (Å²) in [4.78, 5) is 0. The molecular formula is C25H28N2. The second-order valence-electron chi connectivity index (χ2n) is 8.24. The van der Waals surface area contributed by atoms with Crippen LogP contribution in [0.2, 0.25) is 0 Å². The molecule has 2 nitrogen and oxygen atoms in total. The van der Waals surface area contributed by atoms with Gasteiger partial charge < -0.3 is 11.5 Å². The molecule has 2 aromatic rings. The Kier molecular flexibility index (Phi) is 3.85. The van der Waals surface area contributed by atoms with E-state index in [1.54, 1.807) is 0 Å². The average Bonchev–Trinajstić information content (AvgIpc) is 3.25. The van der Waals surface area contributed by atoms with E-state index in [4.69, 9.17) is 11.5 Å². The van der Waals surface area contributed by atoms with Crippen LogP contribution in [-0.4, -0.2) is 0 Å². The Morgan fingerprint density at radius 1 is 0.704 bits per heavy atom. The van der Waals surface area contributed by atoms with E-state index < -0.39 is 0 Å². The van der Waals surface area contributed by atoms with Crippen molar-refractivity contribution >= 4 is 11.4 Å². The van der Waals surface area contributed by atoms with Gasteiger partial charge in [-0.25, -0.2) is 0 Å². The normalized spacial score (nSPS) is 16.0. The summed E-state index contributed by atoms with van der Waals surface area (Å²) < 4.78 is 0. The lowest BCUT2D eigenvalue weighted by molar-refractivity contribution is 0.465. The third-order valence-corrected chi connectivity index (χ3v) is 6.77. The minimum Gasteiger partial charge on any atom is -0.398 e. The van der Waals surface area contributed by atoms with Crippen molar-refractivity contribution in [3.63, 3.8) is 0 Å². The first kappa shape index (κ1) is 17.7. The lowest BCUT2D eigenvalue weighted by atomic mass is 9.62. The van der Waals surface area contributed by atoms with Gasteiger partial charge in [0.2, 0.25) is 0 Å². The standard InChI is InChI=1S/C25H28N2/c1-14-6-12-20(16(3)23(14)26)25(5,22-18-8-9-19(22)11-10-18)21-13-7-15(2)24(27)17(21)4/h6-13,22H,26-27H2,1-5H3. The molecule has 0 spiro atoms. The molecule has 2 bridgehead atoms. The van der Waals surface area contributed by atoms with E-state index in [-0.39, 0.29) is 5.41 Å². The summed E-state index contributed by atoms with van der Waals surface area (Å²) in [6.45, 7) is 10.8. The fourth-order valence-corrected chi connectivity index (χ4v) is 5.05. The van der Waals surface area contributed by atoms with Crippen LogP contribution in [-0.2, 0) is 5.41 Å². The fraction of sp³-hybridized carbons (Fsp3) is 0.280. The number of rotatable bonds is 3. The first-order valence-electron chi connectivity index (χ1n) is 9.59. The molecule has 138 valence electrons. The fourth-order valence-electron chi connectivity index (χ4n) is 5.05. The summed E-state index contributed by atoms with van der Waals surface area (Å²) in [6.07, 6.45) is 8.99. The zero-order valence-electron chi connectivity index (χ0n) is 16.9. The third-order valence-electron chi connectivity index (χ3n) is 6.77. The molecule has 4 N–H and O–H groups in total. The molecular weight excluding hydrogens is 328 g/mol. The zero-order valence-corrected chi connectivity index (χ0v) is 16.9. The Morgan fingerprint density at radius 3 is 1.48 bits per heavy atom. The Hall–Kier alpha value is -2.74. The van der Waals surface area contributed by atoms with Crippen LogP contribution < -0.4 is 11.5 Å². The molecule has 2 aliphatic rings. The van der Waals surface area contributed by atoms with E-state index in [2.05, 4.69) is 83.2 Å². The number of hydrogen-bond donors (Lipinski definition) is 2. The molecule has 0 aromatic heterocycles. The van der Waals surface area contributed by atoms with Gasteiger partial charge in [-0.2, -0.15) is 0 Å². The first-order valence-corrected chi connectivity index (χ1v) is 9.59. The van der Waals surface area contributed by atoms with Gasteiger partial charge in [-0.1, -0.05) is 55.5 Å². The van der Waals surface area contributed by atoms with Crippen molar-refractivity contribution in [2.75, 3.05) is 11.5 Å². The molecule has 4 rings (SSSR count). The van der Waals surface area contributed by atoms with Gasteiger partial charge in [0.05, 0.1) is 0 Å². The average molecular weight is 357 g/mol. The Labute approximate surface area is 162 Å². The maximum Gasteiger partial charge on any atom is 0.0376 e. The molecule has 27 heavy (non-hydrogen) atoms. The molecule has 0 radical (unpaired) electrons. The summed E-state index contributed by atoms with van der Waals surface area (Å²) >= 11 is 0. The van der Waals surface area contributed by atoms with Crippen LogP contribution in [0.3, 0.4) is 0 Å². The van der Waals surface area contributed by atoms with Gasteiger partial charge in [0, 0.05) is 22.7 Å². The maximum atomic E-state index is 6.46. The van der Waals surface area contributed by atoms with Gasteiger partial charge in [0.25, 0.3) is 0 Å². The Bertz CT molecular complexity index is 971. The zero-order chi connectivity index (χ0) is 19.5. The topological polar surface area (TPSA) is 52.0 Å². The highest BCUT2D eigenvalue weighted by atomic mass is 14.6. The van der Waals surface area contributed by atoms with E-state index in [1.807, 2.05) is 0 Å². The van der Waals surface area contributed by atoms with Crippen molar-refractivity contribution in [2.45, 2.75) is 40.0 Å². The van der Waals surface area contributed by atoms with E-state index >= 15 is 0 Å². The van der Waals surface area contributed by atoms with Crippen LogP contribution in [0.1, 0.15) is 40.3 Å². The summed E-state index contributed by atoms with van der Waals surface area (Å²) in [7, 11) is 0. The molecule has 0 unspecified atom stereocenters. The van der Waals surface area contributed by atoms with Gasteiger partial charge in [-0.15, -0.1) is 0 Å². The minimum absolute atomic E-state index is 0.241. The molecule has 0 atom stereocenters. The lowest BCUT2D eigenvalue weighted by Gasteiger charge is -2.40. The number of nitrogen functional groups attached to an aromatic ring is 2. The van der Waals surface area contributed by atoms with Crippen LogP contribution in [0.5, 0.6) is 0 Å². The first-order chi connectivity index (χ1) is 12.8. The molecule has 0 aliphatic heterocycles. The number of allylic oxidation sites excluding steroid dienone is 6. The van der Waals surface area contributed by atoms with Crippen LogP contribution >= 0.6 is 0 Å². The van der Waals surface area contributed by atoms with E-state index in [9.17, 15) is 0 Å². The summed E-state index contributed by atoms with van der Waals surface area (Å²) in [5.41, 5.74) is 24.4. The number of hydrogen-bond acceptors (Lipinski definition) is 2. The molecule has 0 fully saturated rings. The van der Waals surface area contributed by atoms with E-state index in [0.29, 0.717) is 5.92 Å². The number of fused-ring (bicyclic) bond motifs is 2. The smallest absolute Gasteiger partial charge is 0.0376 e. The van der Waals surface area contributed by atoms with Crippen molar-refractivity contribution in [1.29, 1.82) is 0 Å². The van der Waals surface area contributed by atoms with Crippen molar-refractivity contribution in [2.24, 2.45) is 5.92 Å². The second kappa shape index (κ2) is 5.88. The highest BCUT2D eigenvalue weighted by Crippen LogP contribution is 2.53. The largest absolute Gasteiger partial charge is 0.398 e. The molecule has 2 heteroatoms. The minimum atomic E-state index is -0.241. The van der Waals surface area contributed by atoms with Crippen LogP contribution in [0.25, 0.3) is 0 Å². The molecule has 2 aromatic carbocycles. The lowest BCUT2D eigenvalue weighted by Crippen LogP contribution is -2.35. The van der Waals surface area contributed by atoms with Crippen LogP contribution in [0, 0.1) is 33.6 Å². The highest BCUT2D eigenvalue weighted by Gasteiger charge is 2.45. The van der Waals surface area contributed by atoms with Crippen molar-refractivity contribution in [3.8, 4) is 0 Å². The predicted octanol–water partition coefficient (Wildman–Crippen LogP) is 5.44. The number of benzene rings is 2. The summed E-state index contributed by atoms with van der Waals surface area (Å²) in [5.74, 6) is 0.291. The van der Waals surface area contributed by atoms with Gasteiger partial charge in [-0.3, -0.25) is 0 Å². The Morgan fingerprint density at radius 2 is 1.11 bits per heavy atom. The van der Waals surface area contributed by atoms with Crippen molar-refractivity contribution in [1.82, 2.24) is 0 Å².